The first-order valence-electron chi connectivity index (χ1n) is 8.99. The van der Waals surface area contributed by atoms with E-state index in [2.05, 4.69) is 5.32 Å². The van der Waals surface area contributed by atoms with Crippen molar-refractivity contribution >= 4 is 58.5 Å². The Morgan fingerprint density at radius 1 is 1.13 bits per heavy atom. The Balaban J connectivity index is 2.10. The van der Waals surface area contributed by atoms with Crippen molar-refractivity contribution < 1.29 is 38.7 Å². The summed E-state index contributed by atoms with van der Waals surface area (Å²) in [5.41, 5.74) is 0.776. The van der Waals surface area contributed by atoms with Gasteiger partial charge in [0.25, 0.3) is 0 Å². The zero-order chi connectivity index (χ0) is 23.0. The number of nitrogens with one attached hydrogen (secondary N) is 1. The van der Waals surface area contributed by atoms with E-state index in [9.17, 15) is 19.8 Å². The van der Waals surface area contributed by atoms with Gasteiger partial charge in [-0.05, 0) is 5.56 Å². The van der Waals surface area contributed by atoms with Gasteiger partial charge < -0.3 is 34.5 Å². The SMILES string of the molecule is O=C(CCl)OC[C@H]1O[C@H](O)[C@@H](NC(=O)OCC(Cl)(Cl)Cl)[C@H](OCc2ccccc2)[C@@H]1O. The van der Waals surface area contributed by atoms with Gasteiger partial charge in [-0.3, -0.25) is 4.79 Å². The van der Waals surface area contributed by atoms with Gasteiger partial charge in [-0.15, -0.1) is 11.6 Å². The molecule has 3 N–H and O–H groups in total. The molecule has 2 rings (SSSR count). The van der Waals surface area contributed by atoms with Gasteiger partial charge in [-0.1, -0.05) is 65.1 Å². The van der Waals surface area contributed by atoms with Crippen molar-refractivity contribution in [3.63, 3.8) is 0 Å². The lowest BCUT2D eigenvalue weighted by atomic mass is 9.96. The molecule has 1 heterocycles. The molecule has 0 unspecified atom stereocenters. The molecular weight excluding hydrogens is 500 g/mol. The predicted octanol–water partition coefficient (Wildman–Crippen LogP) is 1.90. The van der Waals surface area contributed by atoms with Crippen molar-refractivity contribution in [2.24, 2.45) is 0 Å². The molecule has 0 spiro atoms. The lowest BCUT2D eigenvalue weighted by Crippen LogP contribution is -2.65. The maximum absolute atomic E-state index is 12.1. The van der Waals surface area contributed by atoms with Crippen LogP contribution < -0.4 is 5.32 Å². The number of alkyl halides is 4. The Kier molecular flexibility index (Phi) is 10.4. The smallest absolute Gasteiger partial charge is 0.407 e. The molecule has 1 aromatic rings. The molecule has 0 radical (unpaired) electrons. The summed E-state index contributed by atoms with van der Waals surface area (Å²) in [7, 11) is 0. The van der Waals surface area contributed by atoms with Crippen molar-refractivity contribution in [2.45, 2.75) is 41.0 Å². The Bertz CT molecular complexity index is 720. The summed E-state index contributed by atoms with van der Waals surface area (Å²) >= 11 is 22.0. The zero-order valence-corrected chi connectivity index (χ0v) is 19.0. The fourth-order valence-corrected chi connectivity index (χ4v) is 2.97. The number of halogens is 4. The summed E-state index contributed by atoms with van der Waals surface area (Å²) in [5.74, 6) is -1.12. The van der Waals surface area contributed by atoms with Crippen LogP contribution >= 0.6 is 46.4 Å². The number of hydrogen-bond donors (Lipinski definition) is 3. The van der Waals surface area contributed by atoms with E-state index in [1.165, 1.54) is 0 Å². The van der Waals surface area contributed by atoms with Gasteiger partial charge in [0.15, 0.2) is 6.29 Å². The van der Waals surface area contributed by atoms with Gasteiger partial charge in [-0.25, -0.2) is 4.79 Å². The first-order valence-corrected chi connectivity index (χ1v) is 10.7. The normalized spacial score (nSPS) is 26.2. The molecule has 174 valence electrons. The van der Waals surface area contributed by atoms with Crippen LogP contribution in [0.3, 0.4) is 0 Å². The van der Waals surface area contributed by atoms with Crippen LogP contribution in [-0.2, 0) is 30.3 Å². The number of ether oxygens (including phenoxy) is 4. The highest BCUT2D eigenvalue weighted by molar-refractivity contribution is 6.67. The Morgan fingerprint density at radius 2 is 1.81 bits per heavy atom. The number of aliphatic hydroxyl groups is 2. The van der Waals surface area contributed by atoms with E-state index in [-0.39, 0.29) is 13.2 Å². The minimum absolute atomic E-state index is 0.0465. The molecule has 31 heavy (non-hydrogen) atoms. The molecule has 9 nitrogen and oxygen atoms in total. The summed E-state index contributed by atoms with van der Waals surface area (Å²) in [5, 5.41) is 23.4. The van der Waals surface area contributed by atoms with E-state index in [4.69, 9.17) is 65.4 Å². The number of carbonyl (C=O) groups is 2. The maximum atomic E-state index is 12.1. The van der Waals surface area contributed by atoms with Crippen molar-refractivity contribution in [3.05, 3.63) is 35.9 Å². The number of carbonyl (C=O) groups excluding carboxylic acids is 2. The monoisotopic (exact) mass is 519 g/mol. The molecule has 13 heteroatoms. The highest BCUT2D eigenvalue weighted by Crippen LogP contribution is 2.27. The number of hydrogen-bond acceptors (Lipinski definition) is 8. The fraction of sp³-hybridized carbons (Fsp3) is 0.556. The average molecular weight is 521 g/mol. The van der Waals surface area contributed by atoms with Gasteiger partial charge >= 0.3 is 12.1 Å². The third-order valence-corrected chi connectivity index (χ3v) is 4.69. The topological polar surface area (TPSA) is 124 Å². The minimum Gasteiger partial charge on any atom is -0.462 e. The Labute approximate surface area is 198 Å². The summed E-state index contributed by atoms with van der Waals surface area (Å²) in [6.45, 7) is -0.896. The van der Waals surface area contributed by atoms with E-state index >= 15 is 0 Å². The summed E-state index contributed by atoms with van der Waals surface area (Å²) < 4.78 is 18.9. The van der Waals surface area contributed by atoms with Gasteiger partial charge in [0.1, 0.15) is 43.4 Å². The third kappa shape index (κ3) is 8.78. The van der Waals surface area contributed by atoms with E-state index in [0.29, 0.717) is 0 Å². The molecule has 1 amide bonds. The van der Waals surface area contributed by atoms with Crippen LogP contribution in [0, 0.1) is 0 Å². The van der Waals surface area contributed by atoms with Gasteiger partial charge in [0.05, 0.1) is 6.61 Å². The molecule has 0 aromatic heterocycles. The Hall–Kier alpha value is -1.04. The number of aliphatic hydroxyl groups excluding tert-OH is 2. The molecule has 0 bridgehead atoms. The van der Waals surface area contributed by atoms with Crippen LogP contribution in [0.2, 0.25) is 0 Å². The second kappa shape index (κ2) is 12.3. The molecule has 1 fully saturated rings. The molecule has 1 aromatic carbocycles. The van der Waals surface area contributed by atoms with Crippen LogP contribution in [0.4, 0.5) is 4.79 Å². The van der Waals surface area contributed by atoms with Gasteiger partial charge in [-0.2, -0.15) is 0 Å². The van der Waals surface area contributed by atoms with Crippen LogP contribution in [0.1, 0.15) is 5.56 Å². The zero-order valence-electron chi connectivity index (χ0n) is 16.0. The second-order valence-electron chi connectivity index (χ2n) is 6.49. The molecule has 1 aliphatic heterocycles. The highest BCUT2D eigenvalue weighted by Gasteiger charge is 2.47. The quantitative estimate of drug-likeness (QED) is 0.350. The molecule has 1 saturated heterocycles. The molecule has 0 aliphatic carbocycles. The molecule has 0 saturated carbocycles. The first-order chi connectivity index (χ1) is 14.6. The van der Waals surface area contributed by atoms with Crippen molar-refractivity contribution in [1.82, 2.24) is 5.32 Å². The van der Waals surface area contributed by atoms with Crippen LogP contribution in [0.5, 0.6) is 0 Å². The van der Waals surface area contributed by atoms with Crippen molar-refractivity contribution in [2.75, 3.05) is 19.1 Å². The van der Waals surface area contributed by atoms with Crippen LogP contribution in [0.15, 0.2) is 30.3 Å². The largest absolute Gasteiger partial charge is 0.462 e. The third-order valence-electron chi connectivity index (χ3n) is 4.15. The van der Waals surface area contributed by atoms with E-state index in [1.807, 2.05) is 6.07 Å². The number of esters is 1. The van der Waals surface area contributed by atoms with Crippen molar-refractivity contribution in [3.8, 4) is 0 Å². The van der Waals surface area contributed by atoms with E-state index in [1.54, 1.807) is 24.3 Å². The lowest BCUT2D eigenvalue weighted by molar-refractivity contribution is -0.264. The molecular formula is C18H21Cl4NO8. The summed E-state index contributed by atoms with van der Waals surface area (Å²) in [4.78, 5) is 23.4. The number of benzene rings is 1. The average Bonchev–Trinajstić information content (AvgIpc) is 2.73. The molecule has 1 aliphatic rings. The second-order valence-corrected chi connectivity index (χ2v) is 9.28. The highest BCUT2D eigenvalue weighted by atomic mass is 35.6. The summed E-state index contributed by atoms with van der Waals surface area (Å²) in [6, 6.07) is 7.75. The van der Waals surface area contributed by atoms with Crippen LogP contribution in [0.25, 0.3) is 0 Å². The van der Waals surface area contributed by atoms with E-state index < -0.39 is 59.0 Å². The van der Waals surface area contributed by atoms with E-state index in [0.717, 1.165) is 5.56 Å². The number of alkyl carbamates (subject to hydrolysis) is 1. The van der Waals surface area contributed by atoms with Crippen LogP contribution in [-0.4, -0.2) is 75.8 Å². The standard InChI is InChI=1S/C18H21Cl4NO8/c19-6-12(24)28-8-11-14(25)15(29-7-10-4-2-1-3-5-10)13(16(26)31-11)23-17(27)30-9-18(20,21)22/h1-5,11,13-16,25-26H,6-9H2,(H,23,27)/t11-,13+,14-,15+,16+/m1/s1. The number of rotatable bonds is 8. The minimum atomic E-state index is -1.83. The fourth-order valence-electron chi connectivity index (χ4n) is 2.73. The van der Waals surface area contributed by atoms with Gasteiger partial charge in [0.2, 0.25) is 3.79 Å². The predicted molar refractivity (Wildman–Crippen MR) is 112 cm³/mol. The maximum Gasteiger partial charge on any atom is 0.407 e. The molecule has 5 atom stereocenters. The first kappa shape index (κ1) is 26.2. The Morgan fingerprint density at radius 3 is 2.42 bits per heavy atom. The van der Waals surface area contributed by atoms with Crippen molar-refractivity contribution in [1.29, 1.82) is 0 Å². The summed E-state index contributed by atoms with van der Waals surface area (Å²) in [6.07, 6.45) is -6.37. The van der Waals surface area contributed by atoms with Gasteiger partial charge in [0, 0.05) is 0 Å². The number of amides is 1. The lowest BCUT2D eigenvalue weighted by Gasteiger charge is -2.42.